The van der Waals surface area contributed by atoms with Gasteiger partial charge in [-0.05, 0) is 44.2 Å². The maximum absolute atomic E-state index is 6.09. The zero-order valence-corrected chi connectivity index (χ0v) is 20.5. The number of hydrogen-bond acceptors (Lipinski definition) is 7. The third kappa shape index (κ3) is 5.64. The van der Waals surface area contributed by atoms with Crippen LogP contribution in [-0.4, -0.2) is 26.9 Å². The van der Waals surface area contributed by atoms with Crippen LogP contribution in [0, 0.1) is 6.92 Å². The van der Waals surface area contributed by atoms with Gasteiger partial charge in [0.05, 0.1) is 12.8 Å². The predicted molar refractivity (Wildman–Crippen MR) is 134 cm³/mol. The van der Waals surface area contributed by atoms with Crippen LogP contribution in [0.15, 0.2) is 71.7 Å². The highest BCUT2D eigenvalue weighted by Crippen LogP contribution is 2.30. The lowest BCUT2D eigenvalue weighted by Gasteiger charge is -2.16. The van der Waals surface area contributed by atoms with E-state index in [1.165, 1.54) is 5.56 Å². The molecular formula is C25H26N4O2S2. The van der Waals surface area contributed by atoms with Crippen molar-refractivity contribution in [1.29, 1.82) is 0 Å². The van der Waals surface area contributed by atoms with Crippen molar-refractivity contribution in [2.75, 3.05) is 7.11 Å². The van der Waals surface area contributed by atoms with Crippen molar-refractivity contribution in [3.05, 3.63) is 83.6 Å². The predicted octanol–water partition coefficient (Wildman–Crippen LogP) is 6.34. The molecule has 4 aromatic rings. The van der Waals surface area contributed by atoms with Gasteiger partial charge >= 0.3 is 0 Å². The lowest BCUT2D eigenvalue weighted by molar-refractivity contribution is 0.210. The third-order valence-electron chi connectivity index (χ3n) is 4.96. The van der Waals surface area contributed by atoms with Gasteiger partial charge in [0, 0.05) is 23.2 Å². The molecule has 1 unspecified atom stereocenters. The van der Waals surface area contributed by atoms with Gasteiger partial charge in [-0.3, -0.25) is 4.57 Å². The molecule has 0 spiro atoms. The second kappa shape index (κ2) is 10.7. The van der Waals surface area contributed by atoms with Gasteiger partial charge in [-0.15, -0.1) is 28.1 Å². The summed E-state index contributed by atoms with van der Waals surface area (Å²) in [5.41, 5.74) is 3.41. The molecule has 0 aliphatic rings. The van der Waals surface area contributed by atoms with E-state index in [1.807, 2.05) is 41.8 Å². The van der Waals surface area contributed by atoms with E-state index in [-0.39, 0.29) is 6.10 Å². The number of hydrogen-bond donors (Lipinski definition) is 0. The summed E-state index contributed by atoms with van der Waals surface area (Å²) in [6.07, 6.45) is 1.57. The first-order valence-electron chi connectivity index (χ1n) is 10.6. The van der Waals surface area contributed by atoms with Gasteiger partial charge in [0.25, 0.3) is 0 Å². The Morgan fingerprint density at radius 1 is 1.15 bits per heavy atom. The van der Waals surface area contributed by atoms with Gasteiger partial charge in [0.2, 0.25) is 0 Å². The summed E-state index contributed by atoms with van der Waals surface area (Å²) in [6, 6.07) is 15.9. The fourth-order valence-electron chi connectivity index (χ4n) is 3.34. The molecule has 2 aromatic heterocycles. The van der Waals surface area contributed by atoms with E-state index in [2.05, 4.69) is 53.3 Å². The summed E-state index contributed by atoms with van der Waals surface area (Å²) in [5, 5.41) is 12.8. The number of thioether (sulfide) groups is 1. The van der Waals surface area contributed by atoms with Crippen molar-refractivity contribution in [3.63, 3.8) is 0 Å². The highest BCUT2D eigenvalue weighted by Gasteiger charge is 2.19. The second-order valence-corrected chi connectivity index (χ2v) is 9.28. The minimum Gasteiger partial charge on any atom is -0.497 e. The van der Waals surface area contributed by atoms with E-state index in [0.29, 0.717) is 12.3 Å². The van der Waals surface area contributed by atoms with Crippen molar-refractivity contribution >= 4 is 23.1 Å². The maximum Gasteiger partial charge on any atom is 0.192 e. The average molecular weight is 479 g/mol. The van der Waals surface area contributed by atoms with Gasteiger partial charge in [-0.1, -0.05) is 41.6 Å². The van der Waals surface area contributed by atoms with Crippen LogP contribution >= 0.6 is 23.1 Å². The van der Waals surface area contributed by atoms with E-state index in [4.69, 9.17) is 14.5 Å². The van der Waals surface area contributed by atoms with Crippen molar-refractivity contribution in [2.45, 2.75) is 37.4 Å². The first-order valence-corrected chi connectivity index (χ1v) is 12.4. The molecule has 0 amide bonds. The van der Waals surface area contributed by atoms with Crippen LogP contribution in [0.3, 0.4) is 0 Å². The molecule has 6 nitrogen and oxygen atoms in total. The van der Waals surface area contributed by atoms with Crippen LogP contribution in [0.1, 0.15) is 30.1 Å². The first kappa shape index (κ1) is 23.1. The second-order valence-electron chi connectivity index (χ2n) is 7.48. The molecule has 0 fully saturated rings. The Morgan fingerprint density at radius 3 is 2.67 bits per heavy atom. The molecule has 2 heterocycles. The number of aryl methyl sites for hydroxylation is 1. The summed E-state index contributed by atoms with van der Waals surface area (Å²) in [4.78, 5) is 4.81. The van der Waals surface area contributed by atoms with Crippen LogP contribution < -0.4 is 9.47 Å². The Morgan fingerprint density at radius 2 is 1.94 bits per heavy atom. The highest BCUT2D eigenvalue weighted by atomic mass is 32.2. The summed E-state index contributed by atoms with van der Waals surface area (Å²) >= 11 is 3.28. The Kier molecular flexibility index (Phi) is 7.47. The maximum atomic E-state index is 6.09. The molecule has 2 aromatic carbocycles. The van der Waals surface area contributed by atoms with Gasteiger partial charge in [-0.25, -0.2) is 4.98 Å². The SMILES string of the molecule is C=CCn1c(SCc2csc(-c3cccc(C)c3)n2)nnc1C(C)Oc1ccc(OC)cc1. The number of nitrogens with zero attached hydrogens (tertiary/aromatic N) is 4. The molecule has 1 atom stereocenters. The fourth-order valence-corrected chi connectivity index (χ4v) is 5.11. The van der Waals surface area contributed by atoms with E-state index in [1.54, 1.807) is 30.2 Å². The first-order chi connectivity index (χ1) is 16.1. The van der Waals surface area contributed by atoms with Gasteiger partial charge in [0.1, 0.15) is 16.5 Å². The summed E-state index contributed by atoms with van der Waals surface area (Å²) in [6.45, 7) is 8.56. The Labute approximate surface area is 202 Å². The smallest absolute Gasteiger partial charge is 0.192 e. The number of ether oxygens (including phenoxy) is 2. The minimum atomic E-state index is -0.271. The molecular weight excluding hydrogens is 452 g/mol. The molecule has 33 heavy (non-hydrogen) atoms. The van der Waals surface area contributed by atoms with Crippen LogP contribution in [0.2, 0.25) is 0 Å². The van der Waals surface area contributed by atoms with E-state index < -0.39 is 0 Å². The van der Waals surface area contributed by atoms with Crippen LogP contribution in [0.5, 0.6) is 11.5 Å². The number of aromatic nitrogens is 4. The molecule has 0 radical (unpaired) electrons. The van der Waals surface area contributed by atoms with Crippen LogP contribution in [-0.2, 0) is 12.3 Å². The zero-order valence-electron chi connectivity index (χ0n) is 18.9. The zero-order chi connectivity index (χ0) is 23.2. The number of thiazole rings is 1. The van der Waals surface area contributed by atoms with Gasteiger partial charge in [-0.2, -0.15) is 0 Å². The van der Waals surface area contributed by atoms with E-state index in [9.17, 15) is 0 Å². The number of benzene rings is 2. The van der Waals surface area contributed by atoms with Crippen molar-refractivity contribution in [2.24, 2.45) is 0 Å². The number of methoxy groups -OCH3 is 1. The molecule has 0 aliphatic heterocycles. The summed E-state index contributed by atoms with van der Waals surface area (Å²) in [7, 11) is 1.64. The molecule has 8 heteroatoms. The molecule has 0 aliphatic carbocycles. The Balaban J connectivity index is 1.45. The molecule has 0 saturated heterocycles. The van der Waals surface area contributed by atoms with Crippen molar-refractivity contribution in [3.8, 4) is 22.1 Å². The molecule has 0 saturated carbocycles. The third-order valence-corrected chi connectivity index (χ3v) is 6.90. The topological polar surface area (TPSA) is 62.1 Å². The van der Waals surface area contributed by atoms with Crippen LogP contribution in [0.25, 0.3) is 10.6 Å². The minimum absolute atomic E-state index is 0.271. The summed E-state index contributed by atoms with van der Waals surface area (Å²) < 4.78 is 13.3. The quantitative estimate of drug-likeness (QED) is 0.196. The molecule has 4 rings (SSSR count). The van der Waals surface area contributed by atoms with Crippen LogP contribution in [0.4, 0.5) is 0 Å². The monoisotopic (exact) mass is 478 g/mol. The Hall–Kier alpha value is -3.10. The lowest BCUT2D eigenvalue weighted by atomic mass is 10.1. The number of allylic oxidation sites excluding steroid dienone is 1. The number of rotatable bonds is 10. The Bertz CT molecular complexity index is 1220. The average Bonchev–Trinajstić information content (AvgIpc) is 3.46. The lowest BCUT2D eigenvalue weighted by Crippen LogP contribution is -2.12. The largest absolute Gasteiger partial charge is 0.497 e. The molecule has 0 N–H and O–H groups in total. The summed E-state index contributed by atoms with van der Waals surface area (Å²) in [5.74, 6) is 3.01. The van der Waals surface area contributed by atoms with E-state index >= 15 is 0 Å². The van der Waals surface area contributed by atoms with E-state index in [0.717, 1.165) is 38.7 Å². The van der Waals surface area contributed by atoms with Crippen molar-refractivity contribution in [1.82, 2.24) is 19.7 Å². The standard InChI is InChI=1S/C25H26N4O2S2/c1-5-13-29-23(18(3)31-22-11-9-21(30-4)10-12-22)27-28-25(29)33-16-20-15-32-24(26-20)19-8-6-7-17(2)14-19/h5-12,14-15,18H,1,13,16H2,2-4H3. The normalized spacial score (nSPS) is 11.8. The molecule has 170 valence electrons. The van der Waals surface area contributed by atoms with Gasteiger partial charge in [0.15, 0.2) is 17.1 Å². The van der Waals surface area contributed by atoms with Crippen molar-refractivity contribution < 1.29 is 9.47 Å². The fraction of sp³-hybridized carbons (Fsp3) is 0.240. The highest BCUT2D eigenvalue weighted by molar-refractivity contribution is 7.98. The molecule has 0 bridgehead atoms. The van der Waals surface area contributed by atoms with Gasteiger partial charge < -0.3 is 9.47 Å².